The molecule has 22 heavy (non-hydrogen) atoms. The fourth-order valence-corrected chi connectivity index (χ4v) is 2.81. The normalized spacial score (nSPS) is 14.6. The number of hydrogen-bond acceptors (Lipinski definition) is 5. The van der Waals surface area contributed by atoms with E-state index in [1.165, 1.54) is 0 Å². The van der Waals surface area contributed by atoms with Crippen molar-refractivity contribution in [1.82, 2.24) is 14.9 Å². The van der Waals surface area contributed by atoms with E-state index in [2.05, 4.69) is 14.9 Å². The number of benzene rings is 1. The van der Waals surface area contributed by atoms with Gasteiger partial charge in [-0.25, -0.2) is 4.98 Å². The van der Waals surface area contributed by atoms with E-state index in [9.17, 15) is 9.90 Å². The van der Waals surface area contributed by atoms with Gasteiger partial charge < -0.3 is 14.8 Å². The van der Waals surface area contributed by atoms with Gasteiger partial charge in [-0.05, 0) is 31.5 Å². The van der Waals surface area contributed by atoms with E-state index in [0.717, 1.165) is 29.1 Å². The Bertz CT molecular complexity index is 755. The Morgan fingerprint density at radius 2 is 2.27 bits per heavy atom. The lowest BCUT2D eigenvalue weighted by Crippen LogP contribution is -2.35. The van der Waals surface area contributed by atoms with Crippen molar-refractivity contribution in [2.75, 3.05) is 13.7 Å². The van der Waals surface area contributed by atoms with E-state index in [1.54, 1.807) is 26.2 Å². The highest BCUT2D eigenvalue weighted by Crippen LogP contribution is 2.25. The van der Waals surface area contributed by atoms with Gasteiger partial charge in [0.25, 0.3) is 5.56 Å². The highest BCUT2D eigenvalue weighted by Gasteiger charge is 2.21. The number of H-pyrrole nitrogens is 1. The Balaban J connectivity index is 1.82. The van der Waals surface area contributed by atoms with Crippen LogP contribution < -0.4 is 10.3 Å². The Labute approximate surface area is 128 Å². The van der Waals surface area contributed by atoms with E-state index >= 15 is 0 Å². The van der Waals surface area contributed by atoms with Crippen LogP contribution in [0.25, 0.3) is 0 Å². The molecule has 3 rings (SSSR count). The number of nitrogens with zero attached hydrogens (tertiary/aromatic N) is 2. The highest BCUT2D eigenvalue weighted by molar-refractivity contribution is 5.39. The minimum absolute atomic E-state index is 0.0358. The molecule has 116 valence electrons. The van der Waals surface area contributed by atoms with Gasteiger partial charge in [0.2, 0.25) is 0 Å². The van der Waals surface area contributed by atoms with Crippen molar-refractivity contribution < 1.29 is 9.84 Å². The molecule has 1 aliphatic heterocycles. The second-order valence-corrected chi connectivity index (χ2v) is 5.53. The second-order valence-electron chi connectivity index (χ2n) is 5.53. The van der Waals surface area contributed by atoms with Gasteiger partial charge in [-0.15, -0.1) is 0 Å². The zero-order chi connectivity index (χ0) is 15.7. The fourth-order valence-electron chi connectivity index (χ4n) is 2.81. The summed E-state index contributed by atoms with van der Waals surface area (Å²) in [6, 6.07) is 5.20. The van der Waals surface area contributed by atoms with E-state index in [1.807, 2.05) is 6.07 Å². The summed E-state index contributed by atoms with van der Waals surface area (Å²) in [5, 5.41) is 9.99. The van der Waals surface area contributed by atoms with E-state index in [-0.39, 0.29) is 11.3 Å². The molecule has 6 nitrogen and oxygen atoms in total. The Kier molecular flexibility index (Phi) is 3.85. The van der Waals surface area contributed by atoms with Gasteiger partial charge in [0.1, 0.15) is 17.3 Å². The molecule has 1 aliphatic rings. The minimum atomic E-state index is -0.0358. The number of aromatic amines is 1. The number of nitrogens with one attached hydrogen (secondary N) is 1. The quantitative estimate of drug-likeness (QED) is 0.895. The first-order valence-corrected chi connectivity index (χ1v) is 7.23. The van der Waals surface area contributed by atoms with Crippen molar-refractivity contribution in [3.63, 3.8) is 0 Å². The molecule has 0 radical (unpaired) electrons. The summed E-state index contributed by atoms with van der Waals surface area (Å²) >= 11 is 0. The monoisotopic (exact) mass is 301 g/mol. The number of aromatic nitrogens is 2. The lowest BCUT2D eigenvalue weighted by atomic mass is 10.1. The molecule has 1 aromatic heterocycles. The maximum Gasteiger partial charge on any atom is 0.254 e. The first-order chi connectivity index (χ1) is 10.6. The molecule has 6 heteroatoms. The number of methoxy groups -OCH3 is 1. The van der Waals surface area contributed by atoms with E-state index in [0.29, 0.717) is 25.3 Å². The maximum atomic E-state index is 11.9. The van der Waals surface area contributed by atoms with Crippen LogP contribution in [0.5, 0.6) is 11.5 Å². The van der Waals surface area contributed by atoms with Crippen molar-refractivity contribution in [1.29, 1.82) is 0 Å². The van der Waals surface area contributed by atoms with Gasteiger partial charge in [-0.2, -0.15) is 0 Å². The molecule has 0 saturated carbocycles. The third-order valence-corrected chi connectivity index (χ3v) is 3.95. The molecule has 0 bridgehead atoms. The minimum Gasteiger partial charge on any atom is -0.508 e. The molecule has 2 aromatic rings. The SMILES string of the molecule is COc1ccc(O)c(CN2CCc3c(nc(C)[nH]c3=O)C2)c1. The van der Waals surface area contributed by atoms with Crippen LogP contribution in [0.15, 0.2) is 23.0 Å². The molecule has 0 atom stereocenters. The molecule has 0 aliphatic carbocycles. The first-order valence-electron chi connectivity index (χ1n) is 7.23. The number of aryl methyl sites for hydroxylation is 1. The molecular formula is C16H19N3O3. The molecule has 2 N–H and O–H groups in total. The van der Waals surface area contributed by atoms with Gasteiger partial charge in [0, 0.05) is 30.8 Å². The van der Waals surface area contributed by atoms with E-state index < -0.39 is 0 Å². The Morgan fingerprint density at radius 3 is 3.05 bits per heavy atom. The van der Waals surface area contributed by atoms with Gasteiger partial charge >= 0.3 is 0 Å². The van der Waals surface area contributed by atoms with Gasteiger partial charge in [0.15, 0.2) is 0 Å². The van der Waals surface area contributed by atoms with Crippen molar-refractivity contribution in [3.8, 4) is 11.5 Å². The first kappa shape index (κ1) is 14.6. The molecule has 0 amide bonds. The van der Waals surface area contributed by atoms with Crippen LogP contribution in [-0.4, -0.2) is 33.6 Å². The zero-order valence-corrected chi connectivity index (χ0v) is 12.7. The summed E-state index contributed by atoms with van der Waals surface area (Å²) in [4.78, 5) is 21.3. The molecule has 1 aromatic carbocycles. The third-order valence-electron chi connectivity index (χ3n) is 3.95. The number of ether oxygens (including phenoxy) is 1. The summed E-state index contributed by atoms with van der Waals surface area (Å²) in [5.41, 5.74) is 2.38. The fraction of sp³-hybridized carbons (Fsp3) is 0.375. The van der Waals surface area contributed by atoms with Crippen molar-refractivity contribution in [2.24, 2.45) is 0 Å². The van der Waals surface area contributed by atoms with Crippen LogP contribution in [0.1, 0.15) is 22.6 Å². The van der Waals surface area contributed by atoms with Gasteiger partial charge in [-0.1, -0.05) is 0 Å². The predicted molar refractivity (Wildman–Crippen MR) is 82.1 cm³/mol. The van der Waals surface area contributed by atoms with Crippen LogP contribution in [0, 0.1) is 6.92 Å². The summed E-state index contributed by atoms with van der Waals surface area (Å²) in [6.07, 6.45) is 0.669. The summed E-state index contributed by atoms with van der Waals surface area (Å²) in [5.74, 6) is 1.60. The van der Waals surface area contributed by atoms with Crippen molar-refractivity contribution >= 4 is 0 Å². The topological polar surface area (TPSA) is 78.5 Å². The number of fused-ring (bicyclic) bond motifs is 1. The summed E-state index contributed by atoms with van der Waals surface area (Å²) in [6.45, 7) is 3.75. The second kappa shape index (κ2) is 5.81. The smallest absolute Gasteiger partial charge is 0.254 e. The number of rotatable bonds is 3. The maximum absolute atomic E-state index is 11.9. The lowest BCUT2D eigenvalue weighted by molar-refractivity contribution is 0.236. The number of phenolic OH excluding ortho intramolecular Hbond substituents is 1. The average molecular weight is 301 g/mol. The van der Waals surface area contributed by atoms with Crippen molar-refractivity contribution in [2.45, 2.75) is 26.4 Å². The number of hydrogen-bond donors (Lipinski definition) is 2. The summed E-state index contributed by atoms with van der Waals surface area (Å²) in [7, 11) is 1.60. The molecular weight excluding hydrogens is 282 g/mol. The van der Waals surface area contributed by atoms with Crippen LogP contribution in [0.4, 0.5) is 0 Å². The van der Waals surface area contributed by atoms with Crippen LogP contribution in [0.2, 0.25) is 0 Å². The van der Waals surface area contributed by atoms with Crippen LogP contribution in [-0.2, 0) is 19.5 Å². The largest absolute Gasteiger partial charge is 0.508 e. The lowest BCUT2D eigenvalue weighted by Gasteiger charge is -2.27. The molecule has 2 heterocycles. The Hall–Kier alpha value is -2.34. The van der Waals surface area contributed by atoms with Crippen molar-refractivity contribution in [3.05, 3.63) is 51.2 Å². The number of aromatic hydroxyl groups is 1. The van der Waals surface area contributed by atoms with Crippen LogP contribution >= 0.6 is 0 Å². The zero-order valence-electron chi connectivity index (χ0n) is 12.7. The molecule has 0 unspecified atom stereocenters. The third kappa shape index (κ3) is 2.82. The standard InChI is InChI=1S/C16H19N3O3/c1-10-17-14-9-19(6-5-13(14)16(21)18-10)8-11-7-12(22-2)3-4-15(11)20/h3-4,7,20H,5-6,8-9H2,1-2H3,(H,17,18,21). The summed E-state index contributed by atoms with van der Waals surface area (Å²) < 4.78 is 5.20. The highest BCUT2D eigenvalue weighted by atomic mass is 16.5. The number of phenols is 1. The predicted octanol–water partition coefficient (Wildman–Crippen LogP) is 1.35. The average Bonchev–Trinajstić information content (AvgIpc) is 2.49. The molecule has 0 saturated heterocycles. The van der Waals surface area contributed by atoms with Crippen LogP contribution in [0.3, 0.4) is 0 Å². The molecule has 0 fully saturated rings. The van der Waals surface area contributed by atoms with Gasteiger partial charge in [-0.3, -0.25) is 9.69 Å². The Morgan fingerprint density at radius 1 is 1.45 bits per heavy atom. The van der Waals surface area contributed by atoms with Gasteiger partial charge in [0.05, 0.1) is 12.8 Å². The molecule has 0 spiro atoms. The van der Waals surface area contributed by atoms with E-state index in [4.69, 9.17) is 4.74 Å².